The van der Waals surface area contributed by atoms with Gasteiger partial charge >= 0.3 is 0 Å². The van der Waals surface area contributed by atoms with Gasteiger partial charge in [-0.15, -0.1) is 0 Å². The molecule has 4 aromatic rings. The topological polar surface area (TPSA) is 98.8 Å². The predicted molar refractivity (Wildman–Crippen MR) is 137 cm³/mol. The van der Waals surface area contributed by atoms with Gasteiger partial charge in [0.1, 0.15) is 0 Å². The Morgan fingerprint density at radius 2 is 1.89 bits per heavy atom. The van der Waals surface area contributed by atoms with E-state index in [1.807, 2.05) is 36.7 Å². The van der Waals surface area contributed by atoms with Crippen LogP contribution in [0.2, 0.25) is 0 Å². The van der Waals surface area contributed by atoms with E-state index < -0.39 is 0 Å². The number of aromatic nitrogens is 4. The van der Waals surface area contributed by atoms with Gasteiger partial charge < -0.3 is 10.6 Å². The fourth-order valence-corrected chi connectivity index (χ4v) is 4.70. The highest BCUT2D eigenvalue weighted by atomic mass is 16.2. The van der Waals surface area contributed by atoms with Crippen molar-refractivity contribution in [2.45, 2.75) is 32.2 Å². The first-order valence-electron chi connectivity index (χ1n) is 12.4. The highest BCUT2D eigenvalue weighted by molar-refractivity contribution is 6.12. The molecule has 0 bridgehead atoms. The maximum Gasteiger partial charge on any atom is 0.276 e. The van der Waals surface area contributed by atoms with Gasteiger partial charge in [-0.3, -0.25) is 24.8 Å². The third-order valence-corrected chi connectivity index (χ3v) is 6.86. The third kappa shape index (κ3) is 4.88. The molecule has 1 aromatic carbocycles. The summed E-state index contributed by atoms with van der Waals surface area (Å²) in [5.74, 6) is 0.459. The monoisotopic (exact) mass is 467 g/mol. The molecule has 1 aliphatic carbocycles. The molecule has 1 saturated heterocycles. The molecule has 8 heteroatoms. The van der Waals surface area contributed by atoms with Crippen molar-refractivity contribution in [3.05, 3.63) is 66.4 Å². The Bertz CT molecular complexity index is 1350. The molecule has 4 heterocycles. The first-order chi connectivity index (χ1) is 17.2. The minimum Gasteiger partial charge on any atom is -0.383 e. The van der Waals surface area contributed by atoms with Crippen molar-refractivity contribution in [2.75, 3.05) is 30.3 Å². The van der Waals surface area contributed by atoms with Crippen molar-refractivity contribution in [1.29, 1.82) is 0 Å². The molecule has 0 unspecified atom stereocenters. The number of carbonyl (C=O) groups excluding carboxylic acids is 1. The van der Waals surface area contributed by atoms with E-state index in [-0.39, 0.29) is 5.91 Å². The van der Waals surface area contributed by atoms with Gasteiger partial charge in [-0.25, -0.2) is 0 Å². The molecule has 0 atom stereocenters. The fourth-order valence-electron chi connectivity index (χ4n) is 4.70. The van der Waals surface area contributed by atoms with E-state index in [9.17, 15) is 4.79 Å². The van der Waals surface area contributed by atoms with Gasteiger partial charge in [0.05, 0.1) is 23.1 Å². The Labute approximate surface area is 204 Å². The number of rotatable bonds is 8. The quantitative estimate of drug-likeness (QED) is 0.348. The number of hydrogen-bond donors (Lipinski definition) is 3. The lowest BCUT2D eigenvalue weighted by Crippen LogP contribution is -2.18. The average molecular weight is 468 g/mol. The number of H-pyrrole nitrogens is 1. The van der Waals surface area contributed by atoms with Gasteiger partial charge in [0.15, 0.2) is 5.69 Å². The number of benzene rings is 1. The number of aromatic amines is 1. The Morgan fingerprint density at radius 1 is 1.00 bits per heavy atom. The molecular formula is C27H29N7O. The van der Waals surface area contributed by atoms with Crippen LogP contribution in [0.15, 0.2) is 55.1 Å². The number of fused-ring (bicyclic) bond motifs is 1. The van der Waals surface area contributed by atoms with Crippen LogP contribution in [0.4, 0.5) is 11.4 Å². The lowest BCUT2D eigenvalue weighted by molar-refractivity contribution is 0.102. The zero-order valence-corrected chi connectivity index (χ0v) is 19.6. The molecule has 3 N–H and O–H groups in total. The summed E-state index contributed by atoms with van der Waals surface area (Å²) < 4.78 is 0. The molecule has 2 fully saturated rings. The van der Waals surface area contributed by atoms with E-state index in [0.29, 0.717) is 11.4 Å². The third-order valence-electron chi connectivity index (χ3n) is 6.86. The van der Waals surface area contributed by atoms with Crippen LogP contribution in [-0.4, -0.2) is 50.6 Å². The molecule has 0 spiro atoms. The second-order valence-corrected chi connectivity index (χ2v) is 9.60. The zero-order chi connectivity index (χ0) is 23.6. The maximum absolute atomic E-state index is 13.2. The highest BCUT2D eigenvalue weighted by Crippen LogP contribution is 2.31. The molecule has 6 rings (SSSR count). The van der Waals surface area contributed by atoms with Crippen LogP contribution in [0.3, 0.4) is 0 Å². The van der Waals surface area contributed by atoms with Crippen molar-refractivity contribution < 1.29 is 4.79 Å². The van der Waals surface area contributed by atoms with Gasteiger partial charge in [-0.2, -0.15) is 5.10 Å². The smallest absolute Gasteiger partial charge is 0.276 e. The molecular weight excluding hydrogens is 438 g/mol. The van der Waals surface area contributed by atoms with Crippen molar-refractivity contribution in [3.8, 4) is 11.1 Å². The first kappa shape index (κ1) is 21.7. The molecule has 1 aliphatic heterocycles. The number of likely N-dealkylation sites (tertiary alicyclic amines) is 1. The second kappa shape index (κ2) is 9.46. The Kier molecular flexibility index (Phi) is 5.88. The zero-order valence-electron chi connectivity index (χ0n) is 19.6. The summed E-state index contributed by atoms with van der Waals surface area (Å²) in [6.45, 7) is 4.13. The van der Waals surface area contributed by atoms with Crippen LogP contribution in [0, 0.1) is 5.92 Å². The number of nitrogens with one attached hydrogen (secondary N) is 3. The van der Waals surface area contributed by atoms with Crippen LogP contribution in [0.5, 0.6) is 0 Å². The van der Waals surface area contributed by atoms with E-state index in [4.69, 9.17) is 0 Å². The minimum absolute atomic E-state index is 0.267. The van der Waals surface area contributed by atoms with E-state index in [1.54, 1.807) is 12.4 Å². The summed E-state index contributed by atoms with van der Waals surface area (Å²) in [7, 11) is 0. The molecule has 3 aromatic heterocycles. The Morgan fingerprint density at radius 3 is 2.74 bits per heavy atom. The van der Waals surface area contributed by atoms with E-state index in [1.165, 1.54) is 31.2 Å². The average Bonchev–Trinajstić information content (AvgIpc) is 3.39. The normalized spacial score (nSPS) is 16.0. The number of nitrogens with zero attached hydrogens (tertiary/aromatic N) is 4. The van der Waals surface area contributed by atoms with Crippen LogP contribution in [-0.2, 0) is 6.54 Å². The molecule has 178 valence electrons. The summed E-state index contributed by atoms with van der Waals surface area (Å²) in [4.78, 5) is 24.4. The standard InChI is InChI=1S/C27H29N7O/c35-27(31-25-16-28-8-7-24(25)30-14-18-3-4-18)26-22-12-20(5-6-23(22)32-33-26)21-11-19(13-29-15-21)17-34-9-1-2-10-34/h5-8,11-13,15-16,18H,1-4,9-10,14,17H2,(H,28,30)(H,31,35)(H,32,33). The van der Waals surface area contributed by atoms with Crippen LogP contribution >= 0.6 is 0 Å². The summed E-state index contributed by atoms with van der Waals surface area (Å²) in [6.07, 6.45) is 12.3. The van der Waals surface area contributed by atoms with Gasteiger partial charge in [-0.05, 0) is 80.1 Å². The van der Waals surface area contributed by atoms with Crippen molar-refractivity contribution >= 4 is 28.2 Å². The number of amides is 1. The van der Waals surface area contributed by atoms with Crippen molar-refractivity contribution in [1.82, 2.24) is 25.1 Å². The molecule has 8 nitrogen and oxygen atoms in total. The van der Waals surface area contributed by atoms with Gasteiger partial charge in [0, 0.05) is 42.6 Å². The molecule has 1 saturated carbocycles. The van der Waals surface area contributed by atoms with Gasteiger partial charge in [-0.1, -0.05) is 6.07 Å². The highest BCUT2D eigenvalue weighted by Gasteiger charge is 2.22. The summed E-state index contributed by atoms with van der Waals surface area (Å²) in [6, 6.07) is 10.1. The summed E-state index contributed by atoms with van der Waals surface area (Å²) >= 11 is 0. The molecule has 35 heavy (non-hydrogen) atoms. The fraction of sp³-hybridized carbons (Fsp3) is 0.333. The lowest BCUT2D eigenvalue weighted by Gasteiger charge is -2.14. The van der Waals surface area contributed by atoms with E-state index in [0.717, 1.165) is 59.8 Å². The Balaban J connectivity index is 1.24. The molecule has 0 radical (unpaired) electrons. The number of hydrogen-bond acceptors (Lipinski definition) is 6. The molecule has 2 aliphatic rings. The van der Waals surface area contributed by atoms with E-state index >= 15 is 0 Å². The van der Waals surface area contributed by atoms with Crippen LogP contribution in [0.25, 0.3) is 22.0 Å². The minimum atomic E-state index is -0.267. The van der Waals surface area contributed by atoms with Gasteiger partial charge in [0.2, 0.25) is 0 Å². The number of pyridine rings is 2. The van der Waals surface area contributed by atoms with Crippen molar-refractivity contribution in [2.24, 2.45) is 5.92 Å². The van der Waals surface area contributed by atoms with Gasteiger partial charge in [0.25, 0.3) is 5.91 Å². The second-order valence-electron chi connectivity index (χ2n) is 9.60. The lowest BCUT2D eigenvalue weighted by atomic mass is 10.0. The van der Waals surface area contributed by atoms with E-state index in [2.05, 4.69) is 41.8 Å². The predicted octanol–water partition coefficient (Wildman–Crippen LogP) is 4.69. The van der Waals surface area contributed by atoms with Crippen LogP contribution < -0.4 is 10.6 Å². The first-order valence-corrected chi connectivity index (χ1v) is 12.4. The SMILES string of the molecule is O=C(Nc1cnccc1NCC1CC1)c1n[nH]c2ccc(-c3cncc(CN4CCCC4)c3)cc12. The summed E-state index contributed by atoms with van der Waals surface area (Å²) in [5.41, 5.74) is 5.97. The van der Waals surface area contributed by atoms with Crippen LogP contribution in [0.1, 0.15) is 41.7 Å². The summed E-state index contributed by atoms with van der Waals surface area (Å²) in [5, 5.41) is 14.5. The molecule has 1 amide bonds. The largest absolute Gasteiger partial charge is 0.383 e. The maximum atomic E-state index is 13.2. The van der Waals surface area contributed by atoms with Crippen molar-refractivity contribution in [3.63, 3.8) is 0 Å². The number of carbonyl (C=O) groups is 1. The number of anilines is 2. The Hall–Kier alpha value is -3.78.